The molecule has 1 aliphatic rings. The summed E-state index contributed by atoms with van der Waals surface area (Å²) in [4.78, 5) is 29.5. The minimum absolute atomic E-state index is 0.0368. The van der Waals surface area contributed by atoms with E-state index in [1.54, 1.807) is 9.95 Å². The zero-order chi connectivity index (χ0) is 31.1. The first-order valence-corrected chi connectivity index (χ1v) is 15.0. The molecule has 5 aromatic rings. The van der Waals surface area contributed by atoms with E-state index in [4.69, 9.17) is 26.8 Å². The standard InChI is InChI=1S/C30H29ClN6O6S/c1-29(41)22(43-20(24(29)38)12-37-15-33-23-25(32)35-28(31)36-26(23)37)13-42-30(27(39)40,21-14-44-16-34-21)11-17-7-9-19(10-8-17)18-5-3-2-4-6-18/h2-10,14-16,20,22,24,38,41H,11-13H2,1H3,(H,39,40)(H2,32,35,36)/t20-,22+,24-,29+,30+/m0/s1. The number of carbonyl (C=O) groups is 1. The van der Waals surface area contributed by atoms with E-state index in [2.05, 4.69) is 19.9 Å². The molecular formula is C30H29ClN6O6S. The van der Waals surface area contributed by atoms with Gasteiger partial charge in [0.15, 0.2) is 11.5 Å². The number of aliphatic carboxylic acids is 1. The van der Waals surface area contributed by atoms with Crippen LogP contribution in [0.3, 0.4) is 0 Å². The minimum Gasteiger partial charge on any atom is -0.479 e. The number of carboxylic acid groups (broad SMARTS) is 1. The summed E-state index contributed by atoms with van der Waals surface area (Å²) >= 11 is 7.22. The van der Waals surface area contributed by atoms with Gasteiger partial charge in [0, 0.05) is 11.8 Å². The van der Waals surface area contributed by atoms with Gasteiger partial charge in [-0.25, -0.2) is 14.8 Å². The number of thiazole rings is 1. The molecule has 1 fully saturated rings. The lowest BCUT2D eigenvalue weighted by Crippen LogP contribution is -2.50. The van der Waals surface area contributed by atoms with Gasteiger partial charge in [0.2, 0.25) is 10.9 Å². The van der Waals surface area contributed by atoms with Crippen molar-refractivity contribution in [2.45, 2.75) is 49.4 Å². The van der Waals surface area contributed by atoms with Crippen LogP contribution in [0.25, 0.3) is 22.3 Å². The second-order valence-electron chi connectivity index (χ2n) is 10.8. The van der Waals surface area contributed by atoms with Crippen LogP contribution in [0.15, 0.2) is 71.8 Å². The Morgan fingerprint density at radius 1 is 1.16 bits per heavy atom. The van der Waals surface area contributed by atoms with E-state index in [0.717, 1.165) is 11.1 Å². The Morgan fingerprint density at radius 2 is 1.89 bits per heavy atom. The molecule has 228 valence electrons. The fourth-order valence-electron chi connectivity index (χ4n) is 5.43. The van der Waals surface area contributed by atoms with Gasteiger partial charge < -0.3 is 35.1 Å². The zero-order valence-electron chi connectivity index (χ0n) is 23.4. The largest absolute Gasteiger partial charge is 0.479 e. The molecule has 5 N–H and O–H groups in total. The number of imidazole rings is 1. The molecule has 0 aliphatic carbocycles. The maximum Gasteiger partial charge on any atom is 0.342 e. The van der Waals surface area contributed by atoms with Crippen molar-refractivity contribution in [2.75, 3.05) is 12.3 Å². The molecule has 0 unspecified atom stereocenters. The molecule has 0 spiro atoms. The molecule has 1 aliphatic heterocycles. The summed E-state index contributed by atoms with van der Waals surface area (Å²) in [5, 5.41) is 34.5. The summed E-state index contributed by atoms with van der Waals surface area (Å²) in [5.41, 5.74) is 7.40. The molecular weight excluding hydrogens is 608 g/mol. The quantitative estimate of drug-likeness (QED) is 0.165. The number of ether oxygens (including phenoxy) is 2. The fraction of sp³-hybridized carbons (Fsp3) is 0.300. The Kier molecular flexibility index (Phi) is 8.09. The molecule has 14 heteroatoms. The molecule has 6 rings (SSSR count). The highest BCUT2D eigenvalue weighted by Crippen LogP contribution is 2.37. The van der Waals surface area contributed by atoms with E-state index in [-0.39, 0.29) is 36.4 Å². The van der Waals surface area contributed by atoms with Gasteiger partial charge in [-0.3, -0.25) is 0 Å². The van der Waals surface area contributed by atoms with Crippen molar-refractivity contribution in [3.63, 3.8) is 0 Å². The first-order valence-electron chi connectivity index (χ1n) is 13.7. The van der Waals surface area contributed by atoms with Gasteiger partial charge in [-0.15, -0.1) is 11.3 Å². The van der Waals surface area contributed by atoms with Gasteiger partial charge in [0.25, 0.3) is 0 Å². The fourth-order valence-corrected chi connectivity index (χ4v) is 6.22. The second kappa shape index (κ2) is 11.8. The first kappa shape index (κ1) is 30.1. The van der Waals surface area contributed by atoms with Crippen LogP contribution in [0, 0.1) is 0 Å². The van der Waals surface area contributed by atoms with Crippen molar-refractivity contribution in [2.24, 2.45) is 0 Å². The molecule has 44 heavy (non-hydrogen) atoms. The number of carboxylic acids is 1. The molecule has 0 radical (unpaired) electrons. The second-order valence-corrected chi connectivity index (χ2v) is 11.9. The van der Waals surface area contributed by atoms with Gasteiger partial charge in [0.05, 0.1) is 30.7 Å². The summed E-state index contributed by atoms with van der Waals surface area (Å²) in [7, 11) is 0. The van der Waals surface area contributed by atoms with Crippen LogP contribution in [0.5, 0.6) is 0 Å². The number of rotatable bonds is 10. The smallest absolute Gasteiger partial charge is 0.342 e. The third-order valence-electron chi connectivity index (χ3n) is 7.97. The van der Waals surface area contributed by atoms with Crippen LogP contribution in [-0.4, -0.2) is 76.3 Å². The Balaban J connectivity index is 1.23. The number of nitrogens with two attached hydrogens (primary N) is 1. The van der Waals surface area contributed by atoms with E-state index in [0.29, 0.717) is 16.7 Å². The Hall–Kier alpha value is -3.98. The van der Waals surface area contributed by atoms with Crippen molar-refractivity contribution in [1.82, 2.24) is 24.5 Å². The number of nitrogen functional groups attached to an aromatic ring is 1. The van der Waals surface area contributed by atoms with E-state index in [1.807, 2.05) is 54.6 Å². The molecule has 3 aromatic heterocycles. The van der Waals surface area contributed by atoms with Crippen LogP contribution >= 0.6 is 22.9 Å². The number of anilines is 1. The van der Waals surface area contributed by atoms with Crippen molar-refractivity contribution in [3.05, 3.63) is 88.4 Å². The highest BCUT2D eigenvalue weighted by Gasteiger charge is 2.54. The van der Waals surface area contributed by atoms with E-state index in [9.17, 15) is 20.1 Å². The van der Waals surface area contributed by atoms with Crippen LogP contribution in [-0.2, 0) is 32.8 Å². The van der Waals surface area contributed by atoms with Gasteiger partial charge in [-0.05, 0) is 35.2 Å². The predicted octanol–water partition coefficient (Wildman–Crippen LogP) is 3.30. The predicted molar refractivity (Wildman–Crippen MR) is 163 cm³/mol. The van der Waals surface area contributed by atoms with Gasteiger partial charge >= 0.3 is 5.97 Å². The SMILES string of the molecule is C[C@@]1(O)[C@@H](CO[C@@](Cc2ccc(-c3ccccc3)cc2)(C(=O)O)c2cscn2)O[C@@H](Cn2cnc3c(N)nc(Cl)nc32)[C@@H]1O. The third kappa shape index (κ3) is 5.54. The normalized spacial score (nSPS) is 23.1. The van der Waals surface area contributed by atoms with Crippen LogP contribution < -0.4 is 5.73 Å². The monoisotopic (exact) mass is 636 g/mol. The molecule has 2 aromatic carbocycles. The summed E-state index contributed by atoms with van der Waals surface area (Å²) in [6.45, 7) is 1.11. The third-order valence-corrected chi connectivity index (χ3v) is 8.72. The van der Waals surface area contributed by atoms with Crippen molar-refractivity contribution in [1.29, 1.82) is 0 Å². The van der Waals surface area contributed by atoms with E-state index >= 15 is 0 Å². The number of halogens is 1. The van der Waals surface area contributed by atoms with Gasteiger partial charge in [-0.1, -0.05) is 54.6 Å². The maximum atomic E-state index is 12.9. The number of aromatic nitrogens is 5. The van der Waals surface area contributed by atoms with Crippen LogP contribution in [0.2, 0.25) is 5.28 Å². The Bertz CT molecular complexity index is 1770. The van der Waals surface area contributed by atoms with E-state index in [1.165, 1.54) is 30.1 Å². The highest BCUT2D eigenvalue weighted by molar-refractivity contribution is 7.07. The molecule has 1 saturated heterocycles. The number of aliphatic hydroxyl groups is 2. The van der Waals surface area contributed by atoms with Crippen molar-refractivity contribution in [3.8, 4) is 11.1 Å². The van der Waals surface area contributed by atoms with Crippen LogP contribution in [0.4, 0.5) is 5.82 Å². The molecule has 0 bridgehead atoms. The van der Waals surface area contributed by atoms with Crippen molar-refractivity contribution < 1.29 is 29.6 Å². The average molecular weight is 637 g/mol. The molecule has 0 amide bonds. The summed E-state index contributed by atoms with van der Waals surface area (Å²) < 4.78 is 13.9. The maximum absolute atomic E-state index is 12.9. The van der Waals surface area contributed by atoms with Crippen molar-refractivity contribution >= 4 is 45.9 Å². The van der Waals surface area contributed by atoms with Gasteiger partial charge in [0.1, 0.15) is 29.4 Å². The van der Waals surface area contributed by atoms with Gasteiger partial charge in [-0.2, -0.15) is 9.97 Å². The molecule has 12 nitrogen and oxygen atoms in total. The Labute approximate surface area is 260 Å². The lowest BCUT2D eigenvalue weighted by atomic mass is 9.89. The topological polar surface area (TPSA) is 179 Å². The lowest BCUT2D eigenvalue weighted by molar-refractivity contribution is -0.180. The Morgan fingerprint density at radius 3 is 2.57 bits per heavy atom. The minimum atomic E-state index is -1.89. The van der Waals surface area contributed by atoms with Crippen LogP contribution in [0.1, 0.15) is 18.2 Å². The first-order chi connectivity index (χ1) is 21.1. The number of hydrogen-bond donors (Lipinski definition) is 4. The summed E-state index contributed by atoms with van der Waals surface area (Å²) in [6, 6.07) is 17.4. The molecule has 5 atom stereocenters. The summed E-state index contributed by atoms with van der Waals surface area (Å²) in [6.07, 6.45) is -1.94. The lowest BCUT2D eigenvalue weighted by Gasteiger charge is -2.32. The van der Waals surface area contributed by atoms with E-state index < -0.39 is 35.5 Å². The highest BCUT2D eigenvalue weighted by atomic mass is 35.5. The summed E-state index contributed by atoms with van der Waals surface area (Å²) in [5.74, 6) is -1.14. The zero-order valence-corrected chi connectivity index (χ0v) is 25.0. The number of nitrogens with zero attached hydrogens (tertiary/aromatic N) is 5. The average Bonchev–Trinajstić information content (AvgIpc) is 3.73. The molecule has 0 saturated carbocycles. The number of aliphatic hydroxyl groups excluding tert-OH is 1. The number of benzene rings is 2. The molecule has 4 heterocycles. The number of hydrogen-bond acceptors (Lipinski definition) is 11. The number of fused-ring (bicyclic) bond motifs is 1.